The number of nitrogens with two attached hydrogens (primary N) is 1. The van der Waals surface area contributed by atoms with Crippen molar-refractivity contribution in [3.05, 3.63) is 22.2 Å². The molecule has 0 radical (unpaired) electrons. The highest BCUT2D eigenvalue weighted by molar-refractivity contribution is 5.75. The van der Waals surface area contributed by atoms with E-state index in [1.54, 1.807) is 0 Å². The monoisotopic (exact) mass is 307 g/mol. The molecular weight excluding hydrogens is 282 g/mol. The van der Waals surface area contributed by atoms with Crippen LogP contribution in [0.1, 0.15) is 31.5 Å². The number of likely N-dealkylation sites (tertiary alicyclic amines) is 1. The van der Waals surface area contributed by atoms with E-state index < -0.39 is 0 Å². The number of carbonyl (C=O) groups is 1. The van der Waals surface area contributed by atoms with Gasteiger partial charge in [-0.3, -0.25) is 9.59 Å². The number of H-pyrrole nitrogens is 1. The van der Waals surface area contributed by atoms with Gasteiger partial charge in [-0.05, 0) is 38.8 Å². The van der Waals surface area contributed by atoms with Gasteiger partial charge in [0.25, 0.3) is 5.56 Å². The fourth-order valence-corrected chi connectivity index (χ4v) is 2.90. The van der Waals surface area contributed by atoms with Gasteiger partial charge in [-0.25, -0.2) is 4.98 Å². The number of nitrogens with one attached hydrogen (secondary N) is 2. The first kappa shape index (κ1) is 16.5. The normalized spacial score (nSPS) is 19.0. The summed E-state index contributed by atoms with van der Waals surface area (Å²) in [5.74, 6) is 1.38. The number of amides is 1. The largest absolute Gasteiger partial charge is 0.383 e. The Morgan fingerprint density at radius 1 is 1.59 bits per heavy atom. The third-order valence-electron chi connectivity index (χ3n) is 4.00. The van der Waals surface area contributed by atoms with Gasteiger partial charge in [0.15, 0.2) is 0 Å². The van der Waals surface area contributed by atoms with E-state index in [9.17, 15) is 9.59 Å². The van der Waals surface area contributed by atoms with Crippen molar-refractivity contribution >= 4 is 11.7 Å². The van der Waals surface area contributed by atoms with Crippen molar-refractivity contribution < 1.29 is 4.79 Å². The maximum Gasteiger partial charge on any atom is 0.252 e. The van der Waals surface area contributed by atoms with Gasteiger partial charge < -0.3 is 20.9 Å². The van der Waals surface area contributed by atoms with E-state index in [4.69, 9.17) is 5.73 Å². The molecule has 2 rings (SSSR count). The number of aromatic nitrogens is 2. The molecule has 0 unspecified atom stereocenters. The molecule has 1 saturated heterocycles. The van der Waals surface area contributed by atoms with E-state index in [1.165, 1.54) is 18.9 Å². The Kier molecular flexibility index (Phi) is 5.94. The maximum absolute atomic E-state index is 11.8. The van der Waals surface area contributed by atoms with Crippen molar-refractivity contribution in [1.29, 1.82) is 0 Å². The molecule has 1 atom stereocenters. The Balaban J connectivity index is 1.66. The van der Waals surface area contributed by atoms with Gasteiger partial charge in [0, 0.05) is 32.0 Å². The standard InChI is InChI=1S/C15H25N5O2/c1-20-8-2-3-11(10-20)4-5-14(21)17-7-6-13-18-12(16)9-15(22)19-13/h9,11H,2-8,10H2,1H3,(H,17,21)(H3,16,18,19,22)/t11-/m0/s1. The number of nitrogens with zero attached hydrogens (tertiary/aromatic N) is 2. The first-order valence-electron chi connectivity index (χ1n) is 7.84. The zero-order valence-electron chi connectivity index (χ0n) is 13.1. The van der Waals surface area contributed by atoms with E-state index in [2.05, 4.69) is 27.2 Å². The summed E-state index contributed by atoms with van der Waals surface area (Å²) in [4.78, 5) is 32.1. The number of piperidine rings is 1. The highest BCUT2D eigenvalue weighted by atomic mass is 16.1. The van der Waals surface area contributed by atoms with Crippen LogP contribution in [0, 0.1) is 5.92 Å². The summed E-state index contributed by atoms with van der Waals surface area (Å²) in [5, 5.41) is 2.87. The fraction of sp³-hybridized carbons (Fsp3) is 0.667. The molecule has 0 aromatic carbocycles. The van der Waals surface area contributed by atoms with Gasteiger partial charge in [-0.2, -0.15) is 0 Å². The number of aromatic amines is 1. The number of carbonyl (C=O) groups excluding carboxylic acids is 1. The Morgan fingerprint density at radius 2 is 2.41 bits per heavy atom. The lowest BCUT2D eigenvalue weighted by Gasteiger charge is -2.29. The fourth-order valence-electron chi connectivity index (χ4n) is 2.90. The van der Waals surface area contributed by atoms with Crippen LogP contribution in [-0.4, -0.2) is 47.5 Å². The van der Waals surface area contributed by atoms with Crippen LogP contribution in [0.2, 0.25) is 0 Å². The number of hydrogen-bond donors (Lipinski definition) is 3. The topological polar surface area (TPSA) is 104 Å². The SMILES string of the molecule is CN1CCC[C@@H](CCC(=O)NCCc2nc(N)cc(=O)[nH]2)C1. The van der Waals surface area contributed by atoms with Crippen molar-refractivity contribution in [2.75, 3.05) is 32.4 Å². The minimum absolute atomic E-state index is 0.0551. The van der Waals surface area contributed by atoms with Crippen LogP contribution in [0.25, 0.3) is 0 Å². The molecule has 1 aromatic heterocycles. The average molecular weight is 307 g/mol. The van der Waals surface area contributed by atoms with E-state index in [0.717, 1.165) is 19.5 Å². The molecule has 4 N–H and O–H groups in total. The van der Waals surface area contributed by atoms with Crippen LogP contribution in [0.3, 0.4) is 0 Å². The third-order valence-corrected chi connectivity index (χ3v) is 4.00. The Labute approximate surface area is 130 Å². The van der Waals surface area contributed by atoms with E-state index in [-0.39, 0.29) is 17.3 Å². The van der Waals surface area contributed by atoms with Crippen molar-refractivity contribution in [2.45, 2.75) is 32.1 Å². The molecule has 0 saturated carbocycles. The number of hydrogen-bond acceptors (Lipinski definition) is 5. The maximum atomic E-state index is 11.8. The summed E-state index contributed by atoms with van der Waals surface area (Å²) in [6, 6.07) is 1.24. The lowest BCUT2D eigenvalue weighted by Crippen LogP contribution is -2.33. The van der Waals surface area contributed by atoms with Crippen molar-refractivity contribution in [2.24, 2.45) is 5.92 Å². The second-order valence-corrected chi connectivity index (χ2v) is 6.03. The van der Waals surface area contributed by atoms with E-state index in [1.807, 2.05) is 0 Å². The molecule has 1 aromatic rings. The Hall–Kier alpha value is -1.89. The summed E-state index contributed by atoms with van der Waals surface area (Å²) in [6.45, 7) is 2.70. The summed E-state index contributed by atoms with van der Waals surface area (Å²) in [7, 11) is 2.13. The van der Waals surface area contributed by atoms with Gasteiger partial charge in [0.1, 0.15) is 11.6 Å². The molecule has 0 aliphatic carbocycles. The van der Waals surface area contributed by atoms with Crippen LogP contribution in [0.5, 0.6) is 0 Å². The number of rotatable bonds is 6. The number of nitrogen functional groups attached to an aromatic ring is 1. The molecule has 0 spiro atoms. The van der Waals surface area contributed by atoms with Crippen LogP contribution < -0.4 is 16.6 Å². The summed E-state index contributed by atoms with van der Waals surface area (Å²) < 4.78 is 0. The molecule has 2 heterocycles. The summed E-state index contributed by atoms with van der Waals surface area (Å²) in [5.41, 5.74) is 5.24. The smallest absolute Gasteiger partial charge is 0.252 e. The predicted molar refractivity (Wildman–Crippen MR) is 85.4 cm³/mol. The predicted octanol–water partition coefficient (Wildman–Crippen LogP) is 0.133. The Morgan fingerprint density at radius 3 is 3.14 bits per heavy atom. The highest BCUT2D eigenvalue weighted by Gasteiger charge is 2.17. The first-order valence-corrected chi connectivity index (χ1v) is 7.84. The molecule has 1 amide bonds. The van der Waals surface area contributed by atoms with E-state index in [0.29, 0.717) is 31.1 Å². The van der Waals surface area contributed by atoms with Gasteiger partial charge in [-0.1, -0.05) is 0 Å². The van der Waals surface area contributed by atoms with Gasteiger partial charge in [0.2, 0.25) is 5.91 Å². The van der Waals surface area contributed by atoms with Gasteiger partial charge in [0.05, 0.1) is 0 Å². The Bertz CT molecular complexity index is 557. The molecule has 1 aliphatic heterocycles. The summed E-state index contributed by atoms with van der Waals surface area (Å²) in [6.07, 6.45) is 4.39. The molecule has 122 valence electrons. The molecular formula is C15H25N5O2. The summed E-state index contributed by atoms with van der Waals surface area (Å²) >= 11 is 0. The van der Waals surface area contributed by atoms with Crippen molar-refractivity contribution in [3.8, 4) is 0 Å². The minimum Gasteiger partial charge on any atom is -0.383 e. The highest BCUT2D eigenvalue weighted by Crippen LogP contribution is 2.19. The van der Waals surface area contributed by atoms with Crippen LogP contribution in [0.15, 0.2) is 10.9 Å². The first-order chi connectivity index (χ1) is 10.5. The third kappa shape index (κ3) is 5.48. The molecule has 22 heavy (non-hydrogen) atoms. The second-order valence-electron chi connectivity index (χ2n) is 6.03. The number of anilines is 1. The van der Waals surface area contributed by atoms with Crippen LogP contribution in [0.4, 0.5) is 5.82 Å². The average Bonchev–Trinajstić information content (AvgIpc) is 2.44. The van der Waals surface area contributed by atoms with E-state index >= 15 is 0 Å². The zero-order chi connectivity index (χ0) is 15.9. The van der Waals surface area contributed by atoms with Gasteiger partial charge in [-0.15, -0.1) is 0 Å². The lowest BCUT2D eigenvalue weighted by atomic mass is 9.93. The van der Waals surface area contributed by atoms with Crippen molar-refractivity contribution in [3.63, 3.8) is 0 Å². The van der Waals surface area contributed by atoms with Crippen LogP contribution >= 0.6 is 0 Å². The lowest BCUT2D eigenvalue weighted by molar-refractivity contribution is -0.121. The minimum atomic E-state index is -0.268. The quantitative estimate of drug-likeness (QED) is 0.693. The van der Waals surface area contributed by atoms with Gasteiger partial charge >= 0.3 is 0 Å². The molecule has 1 aliphatic rings. The molecule has 7 heteroatoms. The zero-order valence-corrected chi connectivity index (χ0v) is 13.1. The van der Waals surface area contributed by atoms with Crippen molar-refractivity contribution in [1.82, 2.24) is 20.2 Å². The molecule has 7 nitrogen and oxygen atoms in total. The second kappa shape index (κ2) is 7.93. The molecule has 1 fully saturated rings. The molecule has 0 bridgehead atoms. The van der Waals surface area contributed by atoms with Crippen LogP contribution in [-0.2, 0) is 11.2 Å².